The van der Waals surface area contributed by atoms with E-state index >= 15 is 0 Å². The average molecular weight is 377 g/mol. The Hall–Kier alpha value is -2.91. The summed E-state index contributed by atoms with van der Waals surface area (Å²) in [5, 5.41) is 0.551. The van der Waals surface area contributed by atoms with E-state index in [2.05, 4.69) is 4.98 Å². The van der Waals surface area contributed by atoms with Crippen LogP contribution in [0.15, 0.2) is 47.5 Å². The molecular formula is C17H19N3O5S. The van der Waals surface area contributed by atoms with E-state index in [0.29, 0.717) is 32.6 Å². The molecule has 0 aliphatic heterocycles. The predicted octanol–water partition coefficient (Wildman–Crippen LogP) is 2.26. The lowest BCUT2D eigenvalue weighted by molar-refractivity contribution is 0.324. The second-order valence-electron chi connectivity index (χ2n) is 5.38. The first-order chi connectivity index (χ1) is 12.4. The molecule has 2 aromatic carbocycles. The zero-order valence-electron chi connectivity index (χ0n) is 14.5. The van der Waals surface area contributed by atoms with E-state index in [4.69, 9.17) is 20.1 Å². The number of fused-ring (bicyclic) bond motifs is 1. The second kappa shape index (κ2) is 6.77. The molecule has 1 heterocycles. The van der Waals surface area contributed by atoms with Crippen molar-refractivity contribution in [1.29, 1.82) is 0 Å². The van der Waals surface area contributed by atoms with E-state index in [-0.39, 0.29) is 10.6 Å². The lowest BCUT2D eigenvalue weighted by atomic mass is 10.2. The van der Waals surface area contributed by atoms with Crippen molar-refractivity contribution in [3.8, 4) is 17.2 Å². The van der Waals surface area contributed by atoms with Crippen molar-refractivity contribution in [2.75, 3.05) is 25.7 Å². The van der Waals surface area contributed by atoms with Crippen LogP contribution < -0.4 is 24.5 Å². The first kappa shape index (κ1) is 17.9. The number of aromatic amines is 1. The number of benzene rings is 2. The Morgan fingerprint density at radius 3 is 2.19 bits per heavy atom. The van der Waals surface area contributed by atoms with Gasteiger partial charge in [-0.3, -0.25) is 0 Å². The van der Waals surface area contributed by atoms with Crippen LogP contribution in [0.2, 0.25) is 0 Å². The van der Waals surface area contributed by atoms with Gasteiger partial charge >= 0.3 is 0 Å². The maximum atomic E-state index is 13.0. The Morgan fingerprint density at radius 1 is 1.00 bits per heavy atom. The van der Waals surface area contributed by atoms with Crippen LogP contribution in [0, 0.1) is 0 Å². The fraction of sp³-hybridized carbons (Fsp3) is 0.176. The lowest BCUT2D eigenvalue weighted by Gasteiger charge is -2.21. The number of anilines is 1. The highest BCUT2D eigenvalue weighted by Gasteiger charge is 2.27. The third-order valence-corrected chi connectivity index (χ3v) is 5.61. The third-order valence-electron chi connectivity index (χ3n) is 3.99. The van der Waals surface area contributed by atoms with Crippen LogP contribution >= 0.6 is 0 Å². The van der Waals surface area contributed by atoms with Crippen molar-refractivity contribution in [2.24, 2.45) is 5.84 Å². The van der Waals surface area contributed by atoms with Gasteiger partial charge in [-0.2, -0.15) is 8.42 Å². The van der Waals surface area contributed by atoms with Crippen LogP contribution in [-0.2, 0) is 10.0 Å². The predicted molar refractivity (Wildman–Crippen MR) is 98.2 cm³/mol. The number of hydrazine groups is 1. The quantitative estimate of drug-likeness (QED) is 0.504. The van der Waals surface area contributed by atoms with Crippen molar-refractivity contribution in [1.82, 2.24) is 4.98 Å². The van der Waals surface area contributed by atoms with Crippen molar-refractivity contribution in [3.63, 3.8) is 0 Å². The van der Waals surface area contributed by atoms with Gasteiger partial charge in [-0.1, -0.05) is 18.2 Å². The van der Waals surface area contributed by atoms with Gasteiger partial charge in [0.25, 0.3) is 10.0 Å². The monoisotopic (exact) mass is 377 g/mol. The molecule has 0 radical (unpaired) electrons. The van der Waals surface area contributed by atoms with Gasteiger partial charge in [-0.15, -0.1) is 0 Å². The molecule has 0 saturated carbocycles. The molecular weight excluding hydrogens is 358 g/mol. The molecule has 3 rings (SSSR count). The molecule has 9 heteroatoms. The third kappa shape index (κ3) is 2.80. The summed E-state index contributed by atoms with van der Waals surface area (Å²) < 4.78 is 42.5. The van der Waals surface area contributed by atoms with Crippen LogP contribution in [-0.4, -0.2) is 34.7 Å². The van der Waals surface area contributed by atoms with E-state index in [9.17, 15) is 8.42 Å². The van der Waals surface area contributed by atoms with Crippen LogP contribution in [0.4, 0.5) is 5.69 Å². The number of sulfonamides is 1. The van der Waals surface area contributed by atoms with Crippen LogP contribution in [0.1, 0.15) is 0 Å². The molecule has 0 amide bonds. The van der Waals surface area contributed by atoms with E-state index in [1.54, 1.807) is 18.2 Å². The van der Waals surface area contributed by atoms with Gasteiger partial charge in [0.1, 0.15) is 4.90 Å². The van der Waals surface area contributed by atoms with Gasteiger partial charge in [0.15, 0.2) is 11.5 Å². The summed E-state index contributed by atoms with van der Waals surface area (Å²) in [4.78, 5) is 3.01. The molecule has 0 aliphatic carbocycles. The smallest absolute Gasteiger partial charge is 0.279 e. The Balaban J connectivity index is 2.12. The Morgan fingerprint density at radius 2 is 1.62 bits per heavy atom. The highest BCUT2D eigenvalue weighted by molar-refractivity contribution is 7.93. The number of aromatic nitrogens is 1. The summed E-state index contributed by atoms with van der Waals surface area (Å²) in [6.45, 7) is 0. The molecule has 3 aromatic rings. The summed E-state index contributed by atoms with van der Waals surface area (Å²) in [7, 11) is 0.325. The topological polar surface area (TPSA) is 107 Å². The number of H-pyrrole nitrogens is 1. The molecule has 1 aromatic heterocycles. The molecule has 0 bridgehead atoms. The van der Waals surface area contributed by atoms with Crippen molar-refractivity contribution in [2.45, 2.75) is 4.90 Å². The van der Waals surface area contributed by atoms with Gasteiger partial charge in [0.2, 0.25) is 5.75 Å². The molecule has 0 fully saturated rings. The number of nitrogens with zero attached hydrogens (tertiary/aromatic N) is 1. The normalized spacial score (nSPS) is 11.4. The van der Waals surface area contributed by atoms with Crippen molar-refractivity contribution in [3.05, 3.63) is 42.6 Å². The molecule has 3 N–H and O–H groups in total. The Kier molecular flexibility index (Phi) is 4.66. The van der Waals surface area contributed by atoms with Gasteiger partial charge in [0.05, 0.1) is 27.0 Å². The minimum atomic E-state index is -4.02. The number of nitrogens with one attached hydrogen (secondary N) is 1. The SMILES string of the molecule is COc1cc(N(N)S(=O)(=O)c2c[nH]c3ccccc23)cc(OC)c1OC. The first-order valence-electron chi connectivity index (χ1n) is 7.60. The minimum absolute atomic E-state index is 0.0735. The molecule has 0 atom stereocenters. The van der Waals surface area contributed by atoms with Crippen molar-refractivity contribution >= 4 is 26.6 Å². The molecule has 138 valence electrons. The number of para-hydroxylation sites is 1. The van der Waals surface area contributed by atoms with Crippen molar-refractivity contribution < 1.29 is 22.6 Å². The number of rotatable bonds is 6. The number of methoxy groups -OCH3 is 3. The standard InChI is InChI=1S/C17H19N3O5S/c1-23-14-8-11(9-15(24-2)17(14)25-3)20(18)26(21,22)16-10-19-13-7-5-4-6-12(13)16/h4-10,19H,18H2,1-3H3. The minimum Gasteiger partial charge on any atom is -0.493 e. The fourth-order valence-electron chi connectivity index (χ4n) is 2.70. The van der Waals surface area contributed by atoms with E-state index in [0.717, 1.165) is 0 Å². The van der Waals surface area contributed by atoms with Crippen LogP contribution in [0.25, 0.3) is 10.9 Å². The summed E-state index contributed by atoms with van der Waals surface area (Å²) in [6.07, 6.45) is 1.41. The summed E-state index contributed by atoms with van der Waals surface area (Å²) in [5.74, 6) is 6.91. The lowest BCUT2D eigenvalue weighted by Crippen LogP contribution is -2.37. The largest absolute Gasteiger partial charge is 0.493 e. The van der Waals surface area contributed by atoms with Gasteiger partial charge in [0, 0.05) is 29.2 Å². The Bertz CT molecular complexity index is 1020. The summed E-state index contributed by atoms with van der Waals surface area (Å²) >= 11 is 0. The van der Waals surface area contributed by atoms with E-state index in [1.165, 1.54) is 39.7 Å². The van der Waals surface area contributed by atoms with Crippen LogP contribution in [0.5, 0.6) is 17.2 Å². The second-order valence-corrected chi connectivity index (χ2v) is 7.17. The summed E-state index contributed by atoms with van der Waals surface area (Å²) in [5.41, 5.74) is 0.870. The van der Waals surface area contributed by atoms with Crippen LogP contribution in [0.3, 0.4) is 0 Å². The summed E-state index contributed by atoms with van der Waals surface area (Å²) in [6, 6.07) is 10.0. The van der Waals surface area contributed by atoms with Gasteiger partial charge in [-0.25, -0.2) is 10.3 Å². The highest BCUT2D eigenvalue weighted by atomic mass is 32.2. The molecule has 0 unspecified atom stereocenters. The molecule has 8 nitrogen and oxygen atoms in total. The van der Waals surface area contributed by atoms with E-state index < -0.39 is 10.0 Å². The maximum Gasteiger partial charge on any atom is 0.279 e. The van der Waals surface area contributed by atoms with Gasteiger partial charge < -0.3 is 19.2 Å². The average Bonchev–Trinajstić information content (AvgIpc) is 3.11. The molecule has 26 heavy (non-hydrogen) atoms. The zero-order valence-corrected chi connectivity index (χ0v) is 15.3. The van der Waals surface area contributed by atoms with Gasteiger partial charge in [-0.05, 0) is 6.07 Å². The molecule has 0 saturated heterocycles. The highest BCUT2D eigenvalue weighted by Crippen LogP contribution is 2.41. The molecule has 0 spiro atoms. The Labute approximate surface area is 151 Å². The van der Waals surface area contributed by atoms with E-state index in [1.807, 2.05) is 6.07 Å². The first-order valence-corrected chi connectivity index (χ1v) is 9.04. The number of nitrogens with two attached hydrogens (primary N) is 1. The fourth-order valence-corrected chi connectivity index (χ4v) is 3.96. The zero-order chi connectivity index (χ0) is 18.9. The number of ether oxygens (including phenoxy) is 3. The maximum absolute atomic E-state index is 13.0. The number of hydrogen-bond donors (Lipinski definition) is 2. The number of hydrogen-bond acceptors (Lipinski definition) is 6. The molecule has 0 aliphatic rings.